The lowest BCUT2D eigenvalue weighted by molar-refractivity contribution is -0.000687. The van der Waals surface area contributed by atoms with Gasteiger partial charge in [-0.1, -0.05) is 31.5 Å². The van der Waals surface area contributed by atoms with E-state index in [0.717, 1.165) is 12.0 Å². The molecule has 0 bridgehead atoms. The predicted octanol–water partition coefficient (Wildman–Crippen LogP) is 3.21. The van der Waals surface area contributed by atoms with Crippen molar-refractivity contribution in [3.63, 3.8) is 0 Å². The Bertz CT molecular complexity index is 385. The quantitative estimate of drug-likeness (QED) is 0.727. The number of benzene rings is 1. The van der Waals surface area contributed by atoms with E-state index in [-0.39, 0.29) is 12.1 Å². The van der Waals surface area contributed by atoms with Crippen molar-refractivity contribution in [2.24, 2.45) is 5.92 Å². The molecule has 0 fully saturated rings. The third-order valence-corrected chi connectivity index (χ3v) is 2.61. The second-order valence-corrected chi connectivity index (χ2v) is 4.98. The van der Waals surface area contributed by atoms with Gasteiger partial charge in [0.15, 0.2) is 0 Å². The highest BCUT2D eigenvalue weighted by Crippen LogP contribution is 2.12. The zero-order valence-electron chi connectivity index (χ0n) is 11.6. The maximum Gasteiger partial charge on any atom is 0.338 e. The van der Waals surface area contributed by atoms with Crippen LogP contribution >= 0.6 is 0 Å². The maximum absolute atomic E-state index is 12.0. The first-order valence-corrected chi connectivity index (χ1v) is 6.29. The second kappa shape index (κ2) is 7.17. The Morgan fingerprint density at radius 3 is 2.61 bits per heavy atom. The van der Waals surface area contributed by atoms with Crippen LogP contribution in [-0.4, -0.2) is 25.8 Å². The highest BCUT2D eigenvalue weighted by Gasteiger charge is 2.17. The van der Waals surface area contributed by atoms with Gasteiger partial charge < -0.3 is 9.47 Å². The van der Waals surface area contributed by atoms with E-state index in [9.17, 15) is 4.79 Å². The summed E-state index contributed by atoms with van der Waals surface area (Å²) in [4.78, 5) is 12.0. The van der Waals surface area contributed by atoms with Gasteiger partial charge in [-0.2, -0.15) is 0 Å². The second-order valence-electron chi connectivity index (χ2n) is 4.98. The highest BCUT2D eigenvalue weighted by atomic mass is 16.6. The van der Waals surface area contributed by atoms with Gasteiger partial charge in [0.05, 0.1) is 12.2 Å². The molecule has 0 saturated carbocycles. The van der Waals surface area contributed by atoms with Crippen LogP contribution < -0.4 is 0 Å². The van der Waals surface area contributed by atoms with E-state index >= 15 is 0 Å². The number of methoxy groups -OCH3 is 1. The molecule has 18 heavy (non-hydrogen) atoms. The molecule has 0 heterocycles. The minimum atomic E-state index is -0.276. The van der Waals surface area contributed by atoms with Gasteiger partial charge in [-0.15, -0.1) is 0 Å². The molecule has 1 aromatic carbocycles. The summed E-state index contributed by atoms with van der Waals surface area (Å²) >= 11 is 0. The standard InChI is InChI=1S/C15H22O3/c1-11(2)8-14(10-17-4)18-15(16)13-7-5-6-12(3)9-13/h5-7,9,11,14H,8,10H2,1-4H3. The van der Waals surface area contributed by atoms with E-state index in [1.54, 1.807) is 13.2 Å². The zero-order chi connectivity index (χ0) is 13.5. The first kappa shape index (κ1) is 14.7. The van der Waals surface area contributed by atoms with E-state index in [2.05, 4.69) is 13.8 Å². The summed E-state index contributed by atoms with van der Waals surface area (Å²) in [5.74, 6) is 0.192. The first-order valence-electron chi connectivity index (χ1n) is 6.29. The molecule has 0 amide bonds. The summed E-state index contributed by atoms with van der Waals surface area (Å²) in [5, 5.41) is 0. The lowest BCUT2D eigenvalue weighted by Crippen LogP contribution is -2.24. The molecule has 1 atom stereocenters. The summed E-state index contributed by atoms with van der Waals surface area (Å²) in [6.45, 7) is 6.60. The molecule has 0 aliphatic heterocycles. The number of carbonyl (C=O) groups is 1. The van der Waals surface area contributed by atoms with Crippen LogP contribution in [0.15, 0.2) is 24.3 Å². The van der Waals surface area contributed by atoms with Gasteiger partial charge in [-0.05, 0) is 31.4 Å². The van der Waals surface area contributed by atoms with Gasteiger partial charge >= 0.3 is 5.97 Å². The van der Waals surface area contributed by atoms with Crippen LogP contribution in [0, 0.1) is 12.8 Å². The lowest BCUT2D eigenvalue weighted by atomic mass is 10.1. The van der Waals surface area contributed by atoms with Gasteiger partial charge in [0.1, 0.15) is 6.10 Å². The van der Waals surface area contributed by atoms with Crippen molar-refractivity contribution in [3.05, 3.63) is 35.4 Å². The number of aryl methyl sites for hydroxylation is 1. The SMILES string of the molecule is COCC(CC(C)C)OC(=O)c1cccc(C)c1. The van der Waals surface area contributed by atoms with Crippen LogP contribution in [-0.2, 0) is 9.47 Å². The molecule has 1 unspecified atom stereocenters. The number of ether oxygens (including phenoxy) is 2. The molecule has 3 nitrogen and oxygen atoms in total. The molecule has 1 rings (SSSR count). The van der Waals surface area contributed by atoms with Crippen molar-refractivity contribution in [1.82, 2.24) is 0 Å². The molecule has 0 spiro atoms. The number of rotatable bonds is 6. The first-order chi connectivity index (χ1) is 8.52. The molecule has 0 aromatic heterocycles. The van der Waals surface area contributed by atoms with E-state index < -0.39 is 0 Å². The third-order valence-electron chi connectivity index (χ3n) is 2.61. The maximum atomic E-state index is 12.0. The van der Waals surface area contributed by atoms with Crippen molar-refractivity contribution in [2.45, 2.75) is 33.3 Å². The largest absolute Gasteiger partial charge is 0.456 e. The van der Waals surface area contributed by atoms with Gasteiger partial charge in [0.25, 0.3) is 0 Å². The fourth-order valence-corrected chi connectivity index (χ4v) is 1.85. The van der Waals surface area contributed by atoms with Gasteiger partial charge in [0.2, 0.25) is 0 Å². The molecule has 0 radical (unpaired) electrons. The molecule has 0 N–H and O–H groups in total. The van der Waals surface area contributed by atoms with Crippen LogP contribution in [0.3, 0.4) is 0 Å². The normalized spacial score (nSPS) is 12.5. The molecular formula is C15H22O3. The van der Waals surface area contributed by atoms with E-state index in [1.165, 1.54) is 0 Å². The van der Waals surface area contributed by atoms with Gasteiger partial charge in [-0.25, -0.2) is 4.79 Å². The van der Waals surface area contributed by atoms with Crippen LogP contribution in [0.25, 0.3) is 0 Å². The van der Waals surface area contributed by atoms with Crippen molar-refractivity contribution in [1.29, 1.82) is 0 Å². The monoisotopic (exact) mass is 250 g/mol. The Labute approximate surface area is 109 Å². The summed E-state index contributed by atoms with van der Waals surface area (Å²) in [6, 6.07) is 7.42. The molecule has 0 aliphatic carbocycles. The van der Waals surface area contributed by atoms with Crippen molar-refractivity contribution >= 4 is 5.97 Å². The van der Waals surface area contributed by atoms with Gasteiger partial charge in [0, 0.05) is 7.11 Å². The Morgan fingerprint density at radius 1 is 1.33 bits per heavy atom. The number of esters is 1. The molecule has 0 saturated heterocycles. The number of hydrogen-bond donors (Lipinski definition) is 0. The summed E-state index contributed by atoms with van der Waals surface area (Å²) in [7, 11) is 1.62. The molecule has 3 heteroatoms. The highest BCUT2D eigenvalue weighted by molar-refractivity contribution is 5.89. The molecule has 100 valence electrons. The van der Waals surface area contributed by atoms with Crippen molar-refractivity contribution in [3.8, 4) is 0 Å². The summed E-state index contributed by atoms with van der Waals surface area (Å²) in [5.41, 5.74) is 1.65. The van der Waals surface area contributed by atoms with Crippen LogP contribution in [0.4, 0.5) is 0 Å². The van der Waals surface area contributed by atoms with E-state index in [1.807, 2.05) is 25.1 Å². The smallest absolute Gasteiger partial charge is 0.338 e. The average Bonchev–Trinajstić information content (AvgIpc) is 2.28. The Kier molecular flexibility index (Phi) is 5.86. The molecule has 1 aromatic rings. The number of carbonyl (C=O) groups excluding carboxylic acids is 1. The van der Waals surface area contributed by atoms with Crippen LogP contribution in [0.5, 0.6) is 0 Å². The molecular weight excluding hydrogens is 228 g/mol. The van der Waals surface area contributed by atoms with Crippen molar-refractivity contribution in [2.75, 3.05) is 13.7 Å². The Hall–Kier alpha value is -1.35. The Morgan fingerprint density at radius 2 is 2.06 bits per heavy atom. The zero-order valence-corrected chi connectivity index (χ0v) is 11.6. The minimum Gasteiger partial charge on any atom is -0.456 e. The van der Waals surface area contributed by atoms with Crippen molar-refractivity contribution < 1.29 is 14.3 Å². The average molecular weight is 250 g/mol. The number of hydrogen-bond acceptors (Lipinski definition) is 3. The fraction of sp³-hybridized carbons (Fsp3) is 0.533. The minimum absolute atomic E-state index is 0.178. The Balaban J connectivity index is 2.65. The topological polar surface area (TPSA) is 35.5 Å². The van der Waals surface area contributed by atoms with E-state index in [0.29, 0.717) is 18.1 Å². The van der Waals surface area contributed by atoms with Gasteiger partial charge in [-0.3, -0.25) is 0 Å². The third kappa shape index (κ3) is 4.88. The molecule has 0 aliphatic rings. The summed E-state index contributed by atoms with van der Waals surface area (Å²) in [6.07, 6.45) is 0.633. The van der Waals surface area contributed by atoms with E-state index in [4.69, 9.17) is 9.47 Å². The predicted molar refractivity (Wildman–Crippen MR) is 71.7 cm³/mol. The van der Waals surface area contributed by atoms with Crippen LogP contribution in [0.1, 0.15) is 36.2 Å². The lowest BCUT2D eigenvalue weighted by Gasteiger charge is -2.19. The fourth-order valence-electron chi connectivity index (χ4n) is 1.85. The summed E-state index contributed by atoms with van der Waals surface area (Å²) < 4.78 is 10.6. The van der Waals surface area contributed by atoms with Crippen LogP contribution in [0.2, 0.25) is 0 Å².